The van der Waals surface area contributed by atoms with E-state index in [2.05, 4.69) is 21.2 Å². The van der Waals surface area contributed by atoms with E-state index in [-0.39, 0.29) is 5.91 Å². The molecule has 0 aliphatic rings. The zero-order chi connectivity index (χ0) is 10.1. The standard InChI is InChI=1S/C9H18BrNOS/c1-8(7-13-2)11-9(12)5-3-4-6-10/h8H,3-7H2,1-2H3,(H,11,12). The molecule has 4 heteroatoms. The summed E-state index contributed by atoms with van der Waals surface area (Å²) in [7, 11) is 0. The Bertz CT molecular complexity index is 144. The van der Waals surface area contributed by atoms with Gasteiger partial charge in [0, 0.05) is 23.5 Å². The monoisotopic (exact) mass is 267 g/mol. The summed E-state index contributed by atoms with van der Waals surface area (Å²) in [6.07, 6.45) is 4.76. The van der Waals surface area contributed by atoms with Gasteiger partial charge in [-0.1, -0.05) is 15.9 Å². The van der Waals surface area contributed by atoms with Crippen LogP contribution in [-0.4, -0.2) is 29.3 Å². The van der Waals surface area contributed by atoms with Gasteiger partial charge >= 0.3 is 0 Å². The van der Waals surface area contributed by atoms with Crippen LogP contribution in [-0.2, 0) is 4.79 Å². The van der Waals surface area contributed by atoms with Gasteiger partial charge in [0.15, 0.2) is 0 Å². The highest BCUT2D eigenvalue weighted by Gasteiger charge is 2.05. The Hall–Kier alpha value is 0.300. The van der Waals surface area contributed by atoms with Crippen LogP contribution >= 0.6 is 27.7 Å². The maximum Gasteiger partial charge on any atom is 0.220 e. The van der Waals surface area contributed by atoms with Gasteiger partial charge in [0.1, 0.15) is 0 Å². The smallest absolute Gasteiger partial charge is 0.220 e. The van der Waals surface area contributed by atoms with E-state index in [0.29, 0.717) is 12.5 Å². The SMILES string of the molecule is CSCC(C)NC(=O)CCCCBr. The van der Waals surface area contributed by atoms with E-state index in [9.17, 15) is 4.79 Å². The van der Waals surface area contributed by atoms with Crippen molar-refractivity contribution in [3.63, 3.8) is 0 Å². The van der Waals surface area contributed by atoms with E-state index >= 15 is 0 Å². The second kappa shape index (κ2) is 8.88. The minimum atomic E-state index is 0.183. The molecule has 0 spiro atoms. The molecule has 0 saturated carbocycles. The van der Waals surface area contributed by atoms with Crippen molar-refractivity contribution in [2.45, 2.75) is 32.2 Å². The molecule has 1 amide bonds. The van der Waals surface area contributed by atoms with Gasteiger partial charge in [-0.2, -0.15) is 11.8 Å². The van der Waals surface area contributed by atoms with E-state index in [1.807, 2.05) is 13.2 Å². The van der Waals surface area contributed by atoms with E-state index < -0.39 is 0 Å². The molecule has 0 aliphatic heterocycles. The van der Waals surface area contributed by atoms with Crippen molar-refractivity contribution in [1.82, 2.24) is 5.32 Å². The summed E-state index contributed by atoms with van der Waals surface area (Å²) in [5.41, 5.74) is 0. The Morgan fingerprint density at radius 2 is 2.23 bits per heavy atom. The van der Waals surface area contributed by atoms with Crippen LogP contribution in [0.15, 0.2) is 0 Å². The number of rotatable bonds is 7. The Labute approximate surface area is 93.4 Å². The first kappa shape index (κ1) is 13.3. The molecule has 0 aromatic heterocycles. The van der Waals surface area contributed by atoms with Crippen molar-refractivity contribution in [2.75, 3.05) is 17.3 Å². The third-order valence-electron chi connectivity index (χ3n) is 1.61. The molecule has 0 radical (unpaired) electrons. The Morgan fingerprint density at radius 3 is 2.77 bits per heavy atom. The molecule has 0 rings (SSSR count). The zero-order valence-electron chi connectivity index (χ0n) is 8.31. The molecule has 0 saturated heterocycles. The first-order chi connectivity index (χ1) is 6.20. The Balaban J connectivity index is 3.38. The first-order valence-electron chi connectivity index (χ1n) is 4.55. The topological polar surface area (TPSA) is 29.1 Å². The molecular weight excluding hydrogens is 250 g/mol. The molecule has 0 aliphatic carbocycles. The van der Waals surface area contributed by atoms with E-state index in [4.69, 9.17) is 0 Å². The van der Waals surface area contributed by atoms with Crippen LogP contribution in [0.5, 0.6) is 0 Å². The van der Waals surface area contributed by atoms with Gasteiger partial charge < -0.3 is 5.32 Å². The number of hydrogen-bond acceptors (Lipinski definition) is 2. The normalized spacial score (nSPS) is 12.5. The highest BCUT2D eigenvalue weighted by atomic mass is 79.9. The lowest BCUT2D eigenvalue weighted by Gasteiger charge is -2.11. The van der Waals surface area contributed by atoms with Gasteiger partial charge in [-0.25, -0.2) is 0 Å². The van der Waals surface area contributed by atoms with Crippen molar-refractivity contribution >= 4 is 33.6 Å². The molecule has 78 valence electrons. The molecule has 0 aromatic rings. The average Bonchev–Trinajstić information content (AvgIpc) is 2.05. The number of nitrogens with one attached hydrogen (secondary N) is 1. The van der Waals surface area contributed by atoms with Gasteiger partial charge in [0.2, 0.25) is 5.91 Å². The second-order valence-corrected chi connectivity index (χ2v) is 4.77. The lowest BCUT2D eigenvalue weighted by atomic mass is 10.2. The molecule has 1 unspecified atom stereocenters. The van der Waals surface area contributed by atoms with Crippen LogP contribution in [0.25, 0.3) is 0 Å². The van der Waals surface area contributed by atoms with Gasteiger partial charge in [0.25, 0.3) is 0 Å². The minimum absolute atomic E-state index is 0.183. The van der Waals surface area contributed by atoms with Gasteiger partial charge in [-0.3, -0.25) is 4.79 Å². The number of carbonyl (C=O) groups is 1. The number of halogens is 1. The lowest BCUT2D eigenvalue weighted by molar-refractivity contribution is -0.121. The summed E-state index contributed by atoms with van der Waals surface area (Å²) in [4.78, 5) is 11.3. The van der Waals surface area contributed by atoms with E-state index in [0.717, 1.165) is 23.9 Å². The number of thioether (sulfide) groups is 1. The maximum absolute atomic E-state index is 11.3. The van der Waals surface area contributed by atoms with Crippen LogP contribution in [0.4, 0.5) is 0 Å². The number of amides is 1. The summed E-state index contributed by atoms with van der Waals surface area (Å²) < 4.78 is 0. The van der Waals surface area contributed by atoms with E-state index in [1.165, 1.54) is 0 Å². The van der Waals surface area contributed by atoms with Crippen LogP contribution in [0.2, 0.25) is 0 Å². The lowest BCUT2D eigenvalue weighted by Crippen LogP contribution is -2.33. The minimum Gasteiger partial charge on any atom is -0.353 e. The third kappa shape index (κ3) is 8.63. The molecule has 0 aromatic carbocycles. The molecule has 1 N–H and O–H groups in total. The van der Waals surface area contributed by atoms with Crippen LogP contribution < -0.4 is 5.32 Å². The van der Waals surface area contributed by atoms with Gasteiger partial charge in [0.05, 0.1) is 0 Å². The number of unbranched alkanes of at least 4 members (excludes halogenated alkanes) is 1. The van der Waals surface area contributed by atoms with Crippen LogP contribution in [0.3, 0.4) is 0 Å². The maximum atomic E-state index is 11.3. The van der Waals surface area contributed by atoms with Crippen molar-refractivity contribution in [3.8, 4) is 0 Å². The van der Waals surface area contributed by atoms with Crippen molar-refractivity contribution in [3.05, 3.63) is 0 Å². The number of hydrogen-bond donors (Lipinski definition) is 1. The fraction of sp³-hybridized carbons (Fsp3) is 0.889. The fourth-order valence-corrected chi connectivity index (χ4v) is 2.00. The van der Waals surface area contributed by atoms with Crippen LogP contribution in [0.1, 0.15) is 26.2 Å². The Kier molecular flexibility index (Phi) is 9.08. The van der Waals surface area contributed by atoms with Crippen molar-refractivity contribution in [2.24, 2.45) is 0 Å². The first-order valence-corrected chi connectivity index (χ1v) is 7.06. The predicted molar refractivity (Wildman–Crippen MR) is 63.6 cm³/mol. The molecule has 0 bridgehead atoms. The highest BCUT2D eigenvalue weighted by Crippen LogP contribution is 2.00. The second-order valence-electron chi connectivity index (χ2n) is 3.07. The van der Waals surface area contributed by atoms with Crippen molar-refractivity contribution in [1.29, 1.82) is 0 Å². The highest BCUT2D eigenvalue weighted by molar-refractivity contribution is 9.09. The van der Waals surface area contributed by atoms with Gasteiger partial charge in [-0.15, -0.1) is 0 Å². The molecule has 1 atom stereocenters. The largest absolute Gasteiger partial charge is 0.353 e. The van der Waals surface area contributed by atoms with Crippen LogP contribution in [0, 0.1) is 0 Å². The summed E-state index contributed by atoms with van der Waals surface area (Å²) >= 11 is 5.10. The number of carbonyl (C=O) groups excluding carboxylic acids is 1. The average molecular weight is 268 g/mol. The fourth-order valence-electron chi connectivity index (χ4n) is 1.02. The zero-order valence-corrected chi connectivity index (χ0v) is 10.7. The summed E-state index contributed by atoms with van der Waals surface area (Å²) in [5.74, 6) is 1.17. The van der Waals surface area contributed by atoms with Gasteiger partial charge in [-0.05, 0) is 26.0 Å². The molecular formula is C9H18BrNOS. The summed E-state index contributed by atoms with van der Waals surface area (Å²) in [6.45, 7) is 2.04. The third-order valence-corrected chi connectivity index (χ3v) is 3.01. The summed E-state index contributed by atoms with van der Waals surface area (Å²) in [6, 6.07) is 0.298. The Morgan fingerprint density at radius 1 is 1.54 bits per heavy atom. The van der Waals surface area contributed by atoms with E-state index in [1.54, 1.807) is 11.8 Å². The molecule has 0 heterocycles. The van der Waals surface area contributed by atoms with Crippen molar-refractivity contribution < 1.29 is 4.79 Å². The predicted octanol–water partition coefficient (Wildman–Crippen LogP) is 2.42. The molecule has 0 fully saturated rings. The quantitative estimate of drug-likeness (QED) is 0.567. The molecule has 2 nitrogen and oxygen atoms in total. The molecule has 13 heavy (non-hydrogen) atoms. The summed E-state index contributed by atoms with van der Waals surface area (Å²) in [5, 5.41) is 3.95. The number of alkyl halides is 1.